The first kappa shape index (κ1) is 18.2. The molecule has 1 unspecified atom stereocenters. The number of pyridine rings is 1. The molecule has 8 heteroatoms. The van der Waals surface area contributed by atoms with Crippen LogP contribution >= 0.6 is 0 Å². The van der Waals surface area contributed by atoms with Gasteiger partial charge in [0.25, 0.3) is 5.91 Å². The zero-order valence-electron chi connectivity index (χ0n) is 16.3. The number of nitrogens with one attached hydrogen (secondary N) is 2. The maximum Gasteiger partial charge on any atom is 0.262 e. The summed E-state index contributed by atoms with van der Waals surface area (Å²) in [4.78, 5) is 16.9. The molecule has 29 heavy (non-hydrogen) atoms. The number of hydrogen-bond donors (Lipinski definition) is 2. The number of halogens is 1. The van der Waals surface area contributed by atoms with Gasteiger partial charge in [-0.1, -0.05) is 18.2 Å². The van der Waals surface area contributed by atoms with Crippen molar-refractivity contribution < 1.29 is 13.9 Å². The minimum atomic E-state index is -1.17. The molecule has 150 valence electrons. The minimum absolute atomic E-state index is 0.263. The molecule has 1 amide bonds. The first-order valence-corrected chi connectivity index (χ1v) is 9.73. The molecule has 2 aliphatic heterocycles. The molecule has 2 aromatic heterocycles. The lowest BCUT2D eigenvalue weighted by molar-refractivity contribution is -0.135. The number of alkyl halides is 1. The van der Waals surface area contributed by atoms with Crippen molar-refractivity contribution in [1.29, 1.82) is 0 Å². The average molecular weight is 395 g/mol. The van der Waals surface area contributed by atoms with Gasteiger partial charge in [0.2, 0.25) is 0 Å². The van der Waals surface area contributed by atoms with E-state index >= 15 is 0 Å². The van der Waals surface area contributed by atoms with E-state index in [1.54, 1.807) is 17.8 Å². The van der Waals surface area contributed by atoms with Crippen molar-refractivity contribution in [2.24, 2.45) is 0 Å². The van der Waals surface area contributed by atoms with Gasteiger partial charge in [0, 0.05) is 36.4 Å². The Balaban J connectivity index is 1.75. The van der Waals surface area contributed by atoms with E-state index in [1.165, 1.54) is 7.11 Å². The number of hydrogen-bond acceptors (Lipinski definition) is 5. The number of aromatic nitrogens is 3. The van der Waals surface area contributed by atoms with Crippen LogP contribution in [-0.4, -0.2) is 47.0 Å². The molecule has 1 fully saturated rings. The van der Waals surface area contributed by atoms with Crippen LogP contribution < -0.4 is 10.6 Å². The van der Waals surface area contributed by atoms with Gasteiger partial charge in [-0.15, -0.1) is 0 Å². The van der Waals surface area contributed by atoms with Crippen molar-refractivity contribution in [1.82, 2.24) is 20.1 Å². The van der Waals surface area contributed by atoms with E-state index in [4.69, 9.17) is 9.84 Å². The number of nitrogens with zero attached hydrogens (tertiary/aromatic N) is 3. The van der Waals surface area contributed by atoms with Gasteiger partial charge in [-0.3, -0.25) is 9.48 Å². The molecule has 0 radical (unpaired) electrons. The first-order chi connectivity index (χ1) is 14.0. The largest absolute Gasteiger partial charge is 0.364 e. The standard InChI is InChI=1S/C21H22FN5O2/c1-21(29-2)17-13(7-10-24-19(17)25-20(21)28)18-12-5-3-4-6-15(12)27(26-18)16-8-9-23-11-14(16)22/h3-7,10,14,16,23H,8-9,11H2,1-2H3,(H,24,25,28)/t14-,16+,21?/m0/s1. The number of amides is 1. The predicted octanol–water partition coefficient (Wildman–Crippen LogP) is 2.78. The lowest BCUT2D eigenvalue weighted by atomic mass is 9.92. The third-order valence-electron chi connectivity index (χ3n) is 6.06. The van der Waals surface area contributed by atoms with E-state index in [-0.39, 0.29) is 11.9 Å². The van der Waals surface area contributed by atoms with Gasteiger partial charge in [0.15, 0.2) is 5.60 Å². The number of anilines is 1. The maximum atomic E-state index is 14.7. The van der Waals surface area contributed by atoms with E-state index in [2.05, 4.69) is 15.6 Å². The Kier molecular flexibility index (Phi) is 4.15. The second kappa shape index (κ2) is 6.60. The fraction of sp³-hybridized carbons (Fsp3) is 0.381. The smallest absolute Gasteiger partial charge is 0.262 e. The molecule has 0 aliphatic carbocycles. The number of carbonyl (C=O) groups is 1. The van der Waals surface area contributed by atoms with Crippen molar-refractivity contribution in [3.05, 3.63) is 42.1 Å². The molecule has 0 bridgehead atoms. The second-order valence-corrected chi connectivity index (χ2v) is 7.66. The summed E-state index contributed by atoms with van der Waals surface area (Å²) in [5.74, 6) is 0.210. The molecule has 3 atom stereocenters. The topological polar surface area (TPSA) is 81.1 Å². The zero-order chi connectivity index (χ0) is 20.2. The molecule has 2 N–H and O–H groups in total. The minimum Gasteiger partial charge on any atom is -0.364 e. The van der Waals surface area contributed by atoms with Crippen molar-refractivity contribution >= 4 is 22.6 Å². The van der Waals surface area contributed by atoms with Crippen LogP contribution in [-0.2, 0) is 15.1 Å². The molecule has 2 aliphatic rings. The molecule has 0 spiro atoms. The quantitative estimate of drug-likeness (QED) is 0.713. The maximum absolute atomic E-state index is 14.7. The number of ether oxygens (including phenoxy) is 1. The van der Waals surface area contributed by atoms with E-state index in [0.29, 0.717) is 30.0 Å². The van der Waals surface area contributed by atoms with Gasteiger partial charge in [0.05, 0.1) is 11.6 Å². The van der Waals surface area contributed by atoms with Crippen LogP contribution in [0.5, 0.6) is 0 Å². The first-order valence-electron chi connectivity index (χ1n) is 9.73. The van der Waals surface area contributed by atoms with Crippen molar-refractivity contribution in [3.8, 4) is 11.3 Å². The summed E-state index contributed by atoms with van der Waals surface area (Å²) in [5, 5.41) is 11.7. The highest BCUT2D eigenvalue weighted by Crippen LogP contribution is 2.44. The van der Waals surface area contributed by atoms with Crippen LogP contribution in [0.15, 0.2) is 36.5 Å². The predicted molar refractivity (Wildman–Crippen MR) is 107 cm³/mol. The Bertz CT molecular complexity index is 1110. The molecule has 4 heterocycles. The van der Waals surface area contributed by atoms with Crippen LogP contribution in [0.2, 0.25) is 0 Å². The molecule has 1 saturated heterocycles. The highest BCUT2D eigenvalue weighted by atomic mass is 19.1. The summed E-state index contributed by atoms with van der Waals surface area (Å²) >= 11 is 0. The fourth-order valence-electron chi connectivity index (χ4n) is 4.40. The molecule has 5 rings (SSSR count). The zero-order valence-corrected chi connectivity index (χ0v) is 16.3. The number of fused-ring (bicyclic) bond motifs is 2. The van der Waals surface area contributed by atoms with E-state index in [1.807, 2.05) is 30.3 Å². The Morgan fingerprint density at radius 3 is 2.93 bits per heavy atom. The summed E-state index contributed by atoms with van der Waals surface area (Å²) in [6, 6.07) is 9.31. The van der Waals surface area contributed by atoms with Gasteiger partial charge < -0.3 is 15.4 Å². The Morgan fingerprint density at radius 2 is 2.14 bits per heavy atom. The van der Waals surface area contributed by atoms with Gasteiger partial charge in [-0.25, -0.2) is 9.37 Å². The third-order valence-corrected chi connectivity index (χ3v) is 6.06. The molecule has 7 nitrogen and oxygen atoms in total. The Morgan fingerprint density at radius 1 is 1.31 bits per heavy atom. The van der Waals surface area contributed by atoms with E-state index < -0.39 is 11.8 Å². The van der Waals surface area contributed by atoms with Gasteiger partial charge in [-0.2, -0.15) is 5.10 Å². The highest BCUT2D eigenvalue weighted by molar-refractivity contribution is 6.07. The average Bonchev–Trinajstić information content (AvgIpc) is 3.24. The van der Waals surface area contributed by atoms with Gasteiger partial charge in [0.1, 0.15) is 17.7 Å². The number of carbonyl (C=O) groups excluding carboxylic acids is 1. The van der Waals surface area contributed by atoms with Crippen molar-refractivity contribution in [2.75, 3.05) is 25.5 Å². The fourth-order valence-corrected chi connectivity index (χ4v) is 4.40. The van der Waals surface area contributed by atoms with Crippen LogP contribution in [0.25, 0.3) is 22.2 Å². The van der Waals surface area contributed by atoms with Gasteiger partial charge in [-0.05, 0) is 32.0 Å². The Hall–Kier alpha value is -2.84. The monoisotopic (exact) mass is 395 g/mol. The Labute approximate surface area is 167 Å². The second-order valence-electron chi connectivity index (χ2n) is 7.66. The molecular formula is C21H22FN5O2. The number of methoxy groups -OCH3 is 1. The van der Waals surface area contributed by atoms with Crippen LogP contribution in [0.4, 0.5) is 10.2 Å². The SMILES string of the molecule is COC1(C)C(=O)Nc2nccc(-c3nn([C@@H]4CCNC[C@@H]4F)c4ccccc34)c21. The van der Waals surface area contributed by atoms with Crippen molar-refractivity contribution in [3.63, 3.8) is 0 Å². The summed E-state index contributed by atoms with van der Waals surface area (Å²) in [6.45, 7) is 2.79. The molecular weight excluding hydrogens is 373 g/mol. The number of rotatable bonds is 3. The summed E-state index contributed by atoms with van der Waals surface area (Å²) < 4.78 is 22.1. The lowest BCUT2D eigenvalue weighted by Gasteiger charge is -2.27. The number of piperidine rings is 1. The number of para-hydroxylation sites is 1. The number of benzene rings is 1. The molecule has 3 aromatic rings. The normalized spacial score (nSPS) is 26.5. The highest BCUT2D eigenvalue weighted by Gasteiger charge is 2.46. The van der Waals surface area contributed by atoms with E-state index in [9.17, 15) is 9.18 Å². The van der Waals surface area contributed by atoms with Gasteiger partial charge >= 0.3 is 0 Å². The summed E-state index contributed by atoms with van der Waals surface area (Å²) in [5.41, 5.74) is 1.83. The van der Waals surface area contributed by atoms with E-state index in [0.717, 1.165) is 23.0 Å². The van der Waals surface area contributed by atoms with Crippen LogP contribution in [0.3, 0.4) is 0 Å². The van der Waals surface area contributed by atoms with Crippen LogP contribution in [0, 0.1) is 0 Å². The third kappa shape index (κ3) is 2.59. The van der Waals surface area contributed by atoms with Crippen LogP contribution in [0.1, 0.15) is 24.9 Å². The van der Waals surface area contributed by atoms with Crippen molar-refractivity contribution in [2.45, 2.75) is 31.2 Å². The summed E-state index contributed by atoms with van der Waals surface area (Å²) in [6.07, 6.45) is 1.29. The molecule has 1 aromatic carbocycles. The lowest BCUT2D eigenvalue weighted by Crippen LogP contribution is -2.39. The molecule has 0 saturated carbocycles. The summed E-state index contributed by atoms with van der Waals surface area (Å²) in [7, 11) is 1.50.